The number of carbonyl (C=O) groups excluding carboxylic acids is 2. The van der Waals surface area contributed by atoms with Crippen LogP contribution in [0.15, 0.2) is 18.2 Å². The highest BCUT2D eigenvalue weighted by Gasteiger charge is 2.29. The largest absolute Gasteiger partial charge is 0.494 e. The molecule has 2 aromatic rings. The predicted molar refractivity (Wildman–Crippen MR) is 98.9 cm³/mol. The van der Waals surface area contributed by atoms with E-state index >= 15 is 0 Å². The number of hydrogen-bond acceptors (Lipinski definition) is 4. The number of likely N-dealkylation sites (N-methyl/N-ethyl adjacent to an activating group) is 1. The zero-order valence-corrected chi connectivity index (χ0v) is 16.5. The van der Waals surface area contributed by atoms with Crippen molar-refractivity contribution in [3.63, 3.8) is 0 Å². The van der Waals surface area contributed by atoms with Gasteiger partial charge in [0.1, 0.15) is 6.54 Å². The number of benzene rings is 1. The lowest BCUT2D eigenvalue weighted by Gasteiger charge is -2.21. The second-order valence-electron chi connectivity index (χ2n) is 6.69. The number of ether oxygens (including phenoxy) is 2. The fourth-order valence-electron chi connectivity index (χ4n) is 3.14. The van der Waals surface area contributed by atoms with E-state index in [4.69, 9.17) is 9.47 Å². The van der Waals surface area contributed by atoms with E-state index in [0.29, 0.717) is 29.1 Å². The average molecular weight is 377 g/mol. The summed E-state index contributed by atoms with van der Waals surface area (Å²) in [5.41, 5.74) is 2.74. The van der Waals surface area contributed by atoms with Crippen molar-refractivity contribution in [3.8, 4) is 5.75 Å². The number of ketones is 1. The van der Waals surface area contributed by atoms with Crippen LogP contribution in [0.4, 0.5) is 4.39 Å². The molecule has 0 fully saturated rings. The highest BCUT2D eigenvalue weighted by atomic mass is 19.1. The van der Waals surface area contributed by atoms with E-state index in [0.717, 1.165) is 10.5 Å². The minimum Gasteiger partial charge on any atom is -0.494 e. The topological polar surface area (TPSA) is 72.8 Å². The number of Topliss-reactive ketones (excluding diaryl/α,β-unsaturated/α-hetero) is 1. The Balaban J connectivity index is 2.19. The van der Waals surface area contributed by atoms with Crippen LogP contribution in [0.2, 0.25) is 0 Å². The third-order valence-electron chi connectivity index (χ3n) is 4.91. The van der Waals surface area contributed by atoms with Crippen molar-refractivity contribution in [2.24, 2.45) is 0 Å². The van der Waals surface area contributed by atoms with E-state index < -0.39 is 17.8 Å². The van der Waals surface area contributed by atoms with Gasteiger partial charge in [-0.25, -0.2) is 9.18 Å². The number of rotatable bonds is 7. The number of aromatic nitrogens is 1. The molecule has 146 valence electrons. The van der Waals surface area contributed by atoms with Gasteiger partial charge in [-0.15, -0.1) is 0 Å². The van der Waals surface area contributed by atoms with Crippen molar-refractivity contribution in [3.05, 3.63) is 52.1 Å². The van der Waals surface area contributed by atoms with E-state index in [9.17, 15) is 14.0 Å². The number of aromatic amines is 1. The van der Waals surface area contributed by atoms with E-state index in [1.54, 1.807) is 26.0 Å². The van der Waals surface area contributed by atoms with Gasteiger partial charge in [-0.3, -0.25) is 4.79 Å². The van der Waals surface area contributed by atoms with Crippen LogP contribution in [0.5, 0.6) is 5.75 Å². The van der Waals surface area contributed by atoms with Crippen LogP contribution < -0.4 is 9.64 Å². The molecule has 6 nitrogen and oxygen atoms in total. The summed E-state index contributed by atoms with van der Waals surface area (Å²) in [4.78, 5) is 28.8. The van der Waals surface area contributed by atoms with E-state index in [-0.39, 0.29) is 11.5 Å². The maximum absolute atomic E-state index is 13.9. The molecule has 0 saturated heterocycles. The zero-order valence-electron chi connectivity index (χ0n) is 16.5. The molecule has 2 rings (SSSR count). The Labute approximate surface area is 158 Å². The van der Waals surface area contributed by atoms with Gasteiger partial charge in [0.25, 0.3) is 0 Å². The van der Waals surface area contributed by atoms with Crippen LogP contribution in [0.25, 0.3) is 0 Å². The molecular weight excluding hydrogens is 351 g/mol. The smallest absolute Gasteiger partial charge is 0.339 e. The second kappa shape index (κ2) is 8.35. The van der Waals surface area contributed by atoms with Gasteiger partial charge in [0.2, 0.25) is 5.78 Å². The van der Waals surface area contributed by atoms with Crippen LogP contribution >= 0.6 is 0 Å². The zero-order chi connectivity index (χ0) is 20.3. The first-order chi connectivity index (χ1) is 12.7. The molecule has 1 unspecified atom stereocenters. The van der Waals surface area contributed by atoms with Gasteiger partial charge in [0.15, 0.2) is 17.6 Å². The van der Waals surface area contributed by atoms with Gasteiger partial charge in [0.05, 0.1) is 32.5 Å². The molecule has 27 heavy (non-hydrogen) atoms. The minimum atomic E-state index is -0.470. The lowest BCUT2D eigenvalue weighted by atomic mass is 10.0. The molecule has 1 aromatic heterocycles. The molecule has 0 aliphatic carbocycles. The van der Waals surface area contributed by atoms with E-state index in [2.05, 4.69) is 4.98 Å². The Morgan fingerprint density at radius 1 is 1.26 bits per heavy atom. The quantitative estimate of drug-likeness (QED) is 0.571. The minimum absolute atomic E-state index is 0.114. The summed E-state index contributed by atoms with van der Waals surface area (Å²) in [6.45, 7) is 5.74. The lowest BCUT2D eigenvalue weighted by Crippen LogP contribution is -3.12. The van der Waals surface area contributed by atoms with Crippen LogP contribution in [0.3, 0.4) is 0 Å². The van der Waals surface area contributed by atoms with Crippen molar-refractivity contribution in [1.29, 1.82) is 0 Å². The molecule has 0 aliphatic heterocycles. The number of quaternary nitrogens is 1. The highest BCUT2D eigenvalue weighted by Crippen LogP contribution is 2.20. The Morgan fingerprint density at radius 3 is 2.48 bits per heavy atom. The van der Waals surface area contributed by atoms with Crippen LogP contribution in [0, 0.1) is 19.7 Å². The number of methoxy groups -OCH3 is 2. The SMILES string of the molecule is COC(=O)c1c(C)[nH]c(C(=O)[C@H](C)[NH+](C)Cc2ccc(OC)c(F)c2)c1C. The van der Waals surface area contributed by atoms with Crippen molar-refractivity contribution in [2.45, 2.75) is 33.4 Å². The van der Waals surface area contributed by atoms with Gasteiger partial charge in [-0.1, -0.05) is 0 Å². The van der Waals surface area contributed by atoms with E-state index in [1.807, 2.05) is 14.0 Å². The maximum Gasteiger partial charge on any atom is 0.339 e. The van der Waals surface area contributed by atoms with Crippen LogP contribution in [-0.2, 0) is 11.3 Å². The van der Waals surface area contributed by atoms with Crippen LogP contribution in [-0.4, -0.2) is 44.0 Å². The summed E-state index contributed by atoms with van der Waals surface area (Å²) in [5.74, 6) is -0.826. The number of halogens is 1. The van der Waals surface area contributed by atoms with E-state index in [1.165, 1.54) is 20.3 Å². The lowest BCUT2D eigenvalue weighted by molar-refractivity contribution is -0.907. The summed E-state index contributed by atoms with van der Waals surface area (Å²) in [7, 11) is 4.60. The van der Waals surface area contributed by atoms with Gasteiger partial charge in [-0.2, -0.15) is 0 Å². The molecule has 2 atom stereocenters. The first-order valence-electron chi connectivity index (χ1n) is 8.67. The molecule has 1 aromatic carbocycles. The standard InChI is InChI=1S/C20H25FN2O4/c1-11-17(20(25)27-6)12(2)22-18(11)19(24)13(3)23(4)10-14-7-8-16(26-5)15(21)9-14/h7-9,13,22H,10H2,1-6H3/p+1/t13-/m0/s1. The van der Waals surface area contributed by atoms with Crippen molar-refractivity contribution < 1.29 is 28.4 Å². The Bertz CT molecular complexity index is 860. The summed E-state index contributed by atoms with van der Waals surface area (Å²) in [6, 6.07) is 4.38. The number of aryl methyl sites for hydroxylation is 1. The number of carbonyl (C=O) groups is 2. The molecule has 1 heterocycles. The van der Waals surface area contributed by atoms with Gasteiger partial charge in [-0.05, 0) is 44.5 Å². The summed E-state index contributed by atoms with van der Waals surface area (Å²) in [5, 5.41) is 0. The molecule has 0 saturated carbocycles. The average Bonchev–Trinajstić information content (AvgIpc) is 2.94. The molecule has 0 bridgehead atoms. The van der Waals surface area contributed by atoms with Crippen LogP contribution in [0.1, 0.15) is 44.6 Å². The summed E-state index contributed by atoms with van der Waals surface area (Å²) >= 11 is 0. The van der Waals surface area contributed by atoms with Crippen molar-refractivity contribution >= 4 is 11.8 Å². The molecule has 0 spiro atoms. The number of hydrogen-bond donors (Lipinski definition) is 2. The van der Waals surface area contributed by atoms with Crippen molar-refractivity contribution in [2.75, 3.05) is 21.3 Å². The van der Waals surface area contributed by atoms with Gasteiger partial charge in [0, 0.05) is 11.3 Å². The number of nitrogens with one attached hydrogen (secondary N) is 2. The fourth-order valence-corrected chi connectivity index (χ4v) is 3.14. The fraction of sp³-hybridized carbons (Fsp3) is 0.400. The molecule has 7 heteroatoms. The first kappa shape index (κ1) is 20.6. The monoisotopic (exact) mass is 377 g/mol. The molecule has 0 amide bonds. The number of H-pyrrole nitrogens is 1. The highest BCUT2D eigenvalue weighted by molar-refractivity contribution is 6.03. The summed E-state index contributed by atoms with van der Waals surface area (Å²) in [6.07, 6.45) is 0. The first-order valence-corrected chi connectivity index (χ1v) is 8.67. The predicted octanol–water partition coefficient (Wildman–Crippen LogP) is 1.85. The van der Waals surface area contributed by atoms with Gasteiger partial charge >= 0.3 is 5.97 Å². The molecular formula is C20H26FN2O4+. The Hall–Kier alpha value is -2.67. The third kappa shape index (κ3) is 4.19. The van der Waals surface area contributed by atoms with Crippen molar-refractivity contribution in [1.82, 2.24) is 4.98 Å². The molecule has 0 aliphatic rings. The summed E-state index contributed by atoms with van der Waals surface area (Å²) < 4.78 is 23.6. The third-order valence-corrected chi connectivity index (χ3v) is 4.91. The Kier molecular flexibility index (Phi) is 6.38. The number of esters is 1. The normalized spacial score (nSPS) is 13.1. The second-order valence-corrected chi connectivity index (χ2v) is 6.69. The maximum atomic E-state index is 13.9. The molecule has 2 N–H and O–H groups in total. The Morgan fingerprint density at radius 2 is 1.93 bits per heavy atom. The molecule has 0 radical (unpaired) electrons. The van der Waals surface area contributed by atoms with Gasteiger partial charge < -0.3 is 19.4 Å².